The molecule has 2 aromatic carbocycles. The fourth-order valence-electron chi connectivity index (χ4n) is 3.63. The molecule has 1 aliphatic rings. The van der Waals surface area contributed by atoms with Crippen molar-refractivity contribution >= 4 is 31.7 Å². The van der Waals surface area contributed by atoms with E-state index in [1.807, 2.05) is 48.5 Å². The zero-order valence-corrected chi connectivity index (χ0v) is 20.3. The lowest BCUT2D eigenvalue weighted by atomic mass is 9.95. The number of nitrogens with zero attached hydrogens (tertiary/aromatic N) is 1. The third-order valence-corrected chi connectivity index (χ3v) is 7.24. The second kappa shape index (κ2) is 9.56. The second-order valence-corrected chi connectivity index (χ2v) is 14.8. The zero-order valence-electron chi connectivity index (χ0n) is 19.3. The van der Waals surface area contributed by atoms with Crippen molar-refractivity contribution in [3.63, 3.8) is 0 Å². The summed E-state index contributed by atoms with van der Waals surface area (Å²) in [6.45, 7) is 8.66. The average molecular weight is 454 g/mol. The summed E-state index contributed by atoms with van der Waals surface area (Å²) >= 11 is 0. The van der Waals surface area contributed by atoms with Crippen LogP contribution in [0, 0.1) is 0 Å². The highest BCUT2D eigenvalue weighted by atomic mass is 28.3. The van der Waals surface area contributed by atoms with Crippen LogP contribution in [-0.4, -0.2) is 45.7 Å². The number of ether oxygens (including phenoxy) is 1. The van der Waals surface area contributed by atoms with Gasteiger partial charge in [0, 0.05) is 27.2 Å². The first kappa shape index (κ1) is 23.5. The van der Waals surface area contributed by atoms with Crippen LogP contribution in [0.2, 0.25) is 25.7 Å². The van der Waals surface area contributed by atoms with Gasteiger partial charge in [0.15, 0.2) is 6.10 Å². The van der Waals surface area contributed by atoms with Crippen molar-refractivity contribution in [2.75, 3.05) is 18.5 Å². The molecule has 2 N–H and O–H groups in total. The summed E-state index contributed by atoms with van der Waals surface area (Å²) in [5.74, 6) is -0.791. The monoisotopic (exact) mass is 453 g/mol. The summed E-state index contributed by atoms with van der Waals surface area (Å²) in [7, 11) is 0.406. The maximum atomic E-state index is 13.3. The smallest absolute Gasteiger partial charge is 0.407 e. The van der Waals surface area contributed by atoms with Crippen molar-refractivity contribution in [1.29, 1.82) is 0 Å². The number of fused-ring (bicyclic) bond motifs is 3. The van der Waals surface area contributed by atoms with Crippen LogP contribution < -0.4 is 15.5 Å². The third kappa shape index (κ3) is 5.37. The molecule has 0 aliphatic carbocycles. The van der Waals surface area contributed by atoms with Crippen LogP contribution in [0.1, 0.15) is 18.5 Å². The van der Waals surface area contributed by atoms with Crippen LogP contribution in [0.15, 0.2) is 48.5 Å². The molecule has 32 heavy (non-hydrogen) atoms. The topological polar surface area (TPSA) is 87.7 Å². The van der Waals surface area contributed by atoms with Crippen molar-refractivity contribution in [3.05, 3.63) is 54.1 Å². The van der Waals surface area contributed by atoms with E-state index >= 15 is 0 Å². The minimum absolute atomic E-state index is 0.262. The van der Waals surface area contributed by atoms with Crippen LogP contribution in [0.5, 0.6) is 0 Å². The Morgan fingerprint density at radius 2 is 1.69 bits per heavy atom. The zero-order chi connectivity index (χ0) is 23.5. The minimum Gasteiger partial charge on any atom is -0.436 e. The Balaban J connectivity index is 1.74. The molecule has 2 aromatic rings. The Kier molecular flexibility index (Phi) is 7.03. The van der Waals surface area contributed by atoms with Gasteiger partial charge in [-0.2, -0.15) is 0 Å². The molecule has 7 nitrogen and oxygen atoms in total. The lowest BCUT2D eigenvalue weighted by Crippen LogP contribution is -2.45. The highest BCUT2D eigenvalue weighted by Crippen LogP contribution is 2.39. The maximum absolute atomic E-state index is 13.3. The number of amides is 3. The van der Waals surface area contributed by atoms with Gasteiger partial charge in [0.25, 0.3) is 11.8 Å². The lowest BCUT2D eigenvalue weighted by Gasteiger charge is -2.24. The summed E-state index contributed by atoms with van der Waals surface area (Å²) in [5, 5.41) is 5.49. The van der Waals surface area contributed by atoms with Crippen LogP contribution in [0.4, 0.5) is 10.5 Å². The molecule has 1 aliphatic heterocycles. The van der Waals surface area contributed by atoms with E-state index in [-0.39, 0.29) is 5.91 Å². The molecule has 3 amide bonds. The molecule has 0 unspecified atom stereocenters. The van der Waals surface area contributed by atoms with Gasteiger partial charge in [-0.05, 0) is 30.2 Å². The van der Waals surface area contributed by atoms with E-state index in [0.29, 0.717) is 12.1 Å². The van der Waals surface area contributed by atoms with Gasteiger partial charge < -0.3 is 20.3 Å². The number of anilines is 1. The number of benzene rings is 2. The lowest BCUT2D eigenvalue weighted by molar-refractivity contribution is -0.132. The van der Waals surface area contributed by atoms with Crippen molar-refractivity contribution in [2.45, 2.75) is 44.8 Å². The van der Waals surface area contributed by atoms with Gasteiger partial charge in [-0.15, -0.1) is 0 Å². The highest BCUT2D eigenvalue weighted by molar-refractivity contribution is 6.76. The molecule has 2 atom stereocenters. The first-order valence-electron chi connectivity index (χ1n) is 10.8. The Labute approximate surface area is 190 Å². The SMILES string of the molecule is C[C@H](OC(=O)NCC[Si](C)(C)C)C(=O)N[C@@H]1C(=O)N(C)c2ccccc2-c2ccccc21. The van der Waals surface area contributed by atoms with E-state index in [2.05, 4.69) is 30.3 Å². The summed E-state index contributed by atoms with van der Waals surface area (Å²) in [6.07, 6.45) is -1.68. The number of rotatable bonds is 6. The number of hydrogen-bond donors (Lipinski definition) is 2. The Hall–Kier alpha value is -3.13. The summed E-state index contributed by atoms with van der Waals surface area (Å²) in [5.41, 5.74) is 3.27. The number of nitrogens with one attached hydrogen (secondary N) is 2. The minimum atomic E-state index is -1.29. The number of carbonyl (C=O) groups excluding carboxylic acids is 3. The number of carbonyl (C=O) groups is 3. The Morgan fingerprint density at radius 3 is 2.38 bits per heavy atom. The first-order valence-corrected chi connectivity index (χ1v) is 14.5. The van der Waals surface area contributed by atoms with E-state index < -0.39 is 32.2 Å². The normalized spacial score (nSPS) is 16.3. The third-order valence-electron chi connectivity index (χ3n) is 5.49. The number of para-hydroxylation sites is 1. The molecule has 0 bridgehead atoms. The van der Waals surface area contributed by atoms with E-state index in [1.54, 1.807) is 11.9 Å². The number of hydrogen-bond acceptors (Lipinski definition) is 4. The van der Waals surface area contributed by atoms with Crippen molar-refractivity contribution in [2.24, 2.45) is 0 Å². The Morgan fingerprint density at radius 1 is 1.06 bits per heavy atom. The summed E-state index contributed by atoms with van der Waals surface area (Å²) in [4.78, 5) is 39.8. The van der Waals surface area contributed by atoms with Gasteiger partial charge in [-0.3, -0.25) is 9.59 Å². The van der Waals surface area contributed by atoms with Crippen LogP contribution in [-0.2, 0) is 14.3 Å². The molecule has 0 radical (unpaired) electrons. The molecule has 0 saturated carbocycles. The molecule has 3 rings (SSSR count). The molecule has 0 spiro atoms. The summed E-state index contributed by atoms with van der Waals surface area (Å²) < 4.78 is 5.24. The number of alkyl carbamates (subject to hydrolysis) is 1. The highest BCUT2D eigenvalue weighted by Gasteiger charge is 2.34. The molecule has 0 aromatic heterocycles. The van der Waals surface area contributed by atoms with E-state index in [4.69, 9.17) is 4.74 Å². The van der Waals surface area contributed by atoms with E-state index in [0.717, 1.165) is 22.9 Å². The quantitative estimate of drug-likeness (QED) is 0.649. The molecule has 0 fully saturated rings. The van der Waals surface area contributed by atoms with Crippen molar-refractivity contribution in [3.8, 4) is 11.1 Å². The molecular formula is C24H31N3O4Si. The number of likely N-dealkylation sites (N-methyl/N-ethyl adjacent to an activating group) is 1. The Bertz CT molecular complexity index is 1020. The second-order valence-electron chi connectivity index (χ2n) is 9.23. The molecule has 1 heterocycles. The average Bonchev–Trinajstić information content (AvgIpc) is 2.83. The van der Waals surface area contributed by atoms with Gasteiger partial charge >= 0.3 is 6.09 Å². The molecule has 8 heteroatoms. The largest absolute Gasteiger partial charge is 0.436 e. The van der Waals surface area contributed by atoms with Gasteiger partial charge in [0.1, 0.15) is 6.04 Å². The van der Waals surface area contributed by atoms with Gasteiger partial charge in [-0.1, -0.05) is 62.1 Å². The van der Waals surface area contributed by atoms with Crippen molar-refractivity contribution < 1.29 is 19.1 Å². The van der Waals surface area contributed by atoms with E-state index in [1.165, 1.54) is 6.92 Å². The predicted octanol–water partition coefficient (Wildman–Crippen LogP) is 3.94. The summed E-state index contributed by atoms with van der Waals surface area (Å²) in [6, 6.07) is 15.2. The predicted molar refractivity (Wildman–Crippen MR) is 128 cm³/mol. The molecular weight excluding hydrogens is 422 g/mol. The van der Waals surface area contributed by atoms with Gasteiger partial charge in [-0.25, -0.2) is 4.79 Å². The van der Waals surface area contributed by atoms with Gasteiger partial charge in [0.2, 0.25) is 0 Å². The first-order chi connectivity index (χ1) is 15.1. The van der Waals surface area contributed by atoms with Crippen LogP contribution in [0.25, 0.3) is 11.1 Å². The van der Waals surface area contributed by atoms with Crippen LogP contribution >= 0.6 is 0 Å². The molecule has 0 saturated heterocycles. The fraction of sp³-hybridized carbons (Fsp3) is 0.375. The van der Waals surface area contributed by atoms with Crippen LogP contribution in [0.3, 0.4) is 0 Å². The maximum Gasteiger partial charge on any atom is 0.407 e. The van der Waals surface area contributed by atoms with Crippen molar-refractivity contribution in [1.82, 2.24) is 10.6 Å². The molecule has 170 valence electrons. The fourth-order valence-corrected chi connectivity index (χ4v) is 4.50. The van der Waals surface area contributed by atoms with E-state index in [9.17, 15) is 14.4 Å². The standard InChI is InChI=1S/C24H31N3O4Si/c1-16(31-24(30)25-14-15-32(3,4)5)22(28)26-21-19-12-7-6-10-17(19)18-11-8-9-13-20(18)27(2)23(21)29/h6-13,16,21H,14-15H2,1-5H3,(H,25,30)(H,26,28)/t16-,21-/m0/s1. The van der Waals surface area contributed by atoms with Gasteiger partial charge in [0.05, 0.1) is 5.69 Å².